The number of hydrogen-bond donors (Lipinski definition) is 2. The number of aryl methyl sites for hydroxylation is 1. The highest BCUT2D eigenvalue weighted by Crippen LogP contribution is 2.23. The van der Waals surface area contributed by atoms with E-state index < -0.39 is 5.97 Å². The zero-order chi connectivity index (χ0) is 15.0. The Hall–Kier alpha value is -2.67. The molecule has 7 nitrogen and oxygen atoms in total. The third-order valence-electron chi connectivity index (χ3n) is 2.85. The van der Waals surface area contributed by atoms with Crippen molar-refractivity contribution in [2.24, 2.45) is 0 Å². The average molecular weight is 304 g/mol. The van der Waals surface area contributed by atoms with Crippen LogP contribution in [0.3, 0.4) is 0 Å². The topological polar surface area (TPSA) is 92.4 Å². The van der Waals surface area contributed by atoms with E-state index in [-0.39, 0.29) is 10.6 Å². The zero-order valence-electron chi connectivity index (χ0n) is 10.9. The van der Waals surface area contributed by atoms with Gasteiger partial charge in [0.15, 0.2) is 0 Å². The van der Waals surface area contributed by atoms with Crippen LogP contribution in [0, 0.1) is 6.92 Å². The summed E-state index contributed by atoms with van der Waals surface area (Å²) in [7, 11) is 0. The van der Waals surface area contributed by atoms with Gasteiger partial charge < -0.3 is 10.4 Å². The van der Waals surface area contributed by atoms with Crippen molar-refractivity contribution in [3.05, 3.63) is 46.9 Å². The van der Waals surface area contributed by atoms with Gasteiger partial charge in [0.05, 0.1) is 10.6 Å². The molecule has 0 radical (unpaired) electrons. The predicted octanol–water partition coefficient (Wildman–Crippen LogP) is 2.53. The highest BCUT2D eigenvalue weighted by molar-refractivity contribution is 6.33. The van der Waals surface area contributed by atoms with E-state index in [9.17, 15) is 4.79 Å². The van der Waals surface area contributed by atoms with E-state index in [1.54, 1.807) is 12.1 Å². The highest BCUT2D eigenvalue weighted by Gasteiger charge is 2.11. The van der Waals surface area contributed by atoms with Crippen LogP contribution in [-0.2, 0) is 0 Å². The second kappa shape index (κ2) is 5.02. The van der Waals surface area contributed by atoms with Crippen molar-refractivity contribution in [2.75, 3.05) is 5.32 Å². The molecule has 0 aliphatic rings. The summed E-state index contributed by atoms with van der Waals surface area (Å²) in [5.74, 6) is 0.0130. The maximum absolute atomic E-state index is 11.1. The first-order chi connectivity index (χ1) is 10.0. The summed E-state index contributed by atoms with van der Waals surface area (Å²) in [6, 6.07) is 6.47. The lowest BCUT2D eigenvalue weighted by molar-refractivity contribution is 0.0697. The molecule has 2 heterocycles. The van der Waals surface area contributed by atoms with Gasteiger partial charge in [0.1, 0.15) is 12.1 Å². The number of nitrogens with one attached hydrogen (secondary N) is 1. The first-order valence-electron chi connectivity index (χ1n) is 6.02. The van der Waals surface area contributed by atoms with Crippen molar-refractivity contribution in [3.63, 3.8) is 0 Å². The maximum atomic E-state index is 11.1. The van der Waals surface area contributed by atoms with Crippen LogP contribution >= 0.6 is 11.6 Å². The Morgan fingerprint density at radius 2 is 2.19 bits per heavy atom. The summed E-state index contributed by atoms with van der Waals surface area (Å²) in [6.45, 7) is 1.84. The quantitative estimate of drug-likeness (QED) is 0.772. The van der Waals surface area contributed by atoms with Crippen LogP contribution in [0.25, 0.3) is 5.78 Å². The van der Waals surface area contributed by atoms with Crippen molar-refractivity contribution in [1.29, 1.82) is 0 Å². The number of fused-ring (bicyclic) bond motifs is 1. The van der Waals surface area contributed by atoms with Gasteiger partial charge in [-0.05, 0) is 25.1 Å². The molecule has 106 valence electrons. The Balaban J connectivity index is 2.04. The molecule has 3 aromatic rings. The summed E-state index contributed by atoms with van der Waals surface area (Å²) < 4.78 is 1.53. The number of anilines is 2. The highest BCUT2D eigenvalue weighted by atomic mass is 35.5. The van der Waals surface area contributed by atoms with Gasteiger partial charge in [0.25, 0.3) is 5.78 Å². The molecule has 8 heteroatoms. The molecule has 0 saturated heterocycles. The molecule has 0 aliphatic carbocycles. The second-order valence-corrected chi connectivity index (χ2v) is 4.79. The van der Waals surface area contributed by atoms with E-state index in [4.69, 9.17) is 16.7 Å². The van der Waals surface area contributed by atoms with Gasteiger partial charge in [-0.25, -0.2) is 9.78 Å². The minimum Gasteiger partial charge on any atom is -0.478 e. The van der Waals surface area contributed by atoms with Crippen LogP contribution in [0.5, 0.6) is 0 Å². The number of carboxylic acids is 1. The number of benzene rings is 1. The Morgan fingerprint density at radius 1 is 1.38 bits per heavy atom. The normalized spacial score (nSPS) is 10.8. The monoisotopic (exact) mass is 303 g/mol. The third kappa shape index (κ3) is 2.50. The molecule has 0 aliphatic heterocycles. The summed E-state index contributed by atoms with van der Waals surface area (Å²) in [6.07, 6.45) is 1.40. The van der Waals surface area contributed by atoms with Gasteiger partial charge in [-0.2, -0.15) is 14.6 Å². The van der Waals surface area contributed by atoms with Gasteiger partial charge in [0.2, 0.25) is 0 Å². The molecule has 0 spiro atoms. The standard InChI is InChI=1S/C13H10ClN5O2/c1-7-4-11(19-13(17-7)15-6-16-19)18-8-2-3-10(14)9(5-8)12(20)21/h2-6,18H,1H3,(H,20,21). The van der Waals surface area contributed by atoms with E-state index in [0.717, 1.165) is 5.69 Å². The number of halogens is 1. The Bertz CT molecular complexity index is 846. The van der Waals surface area contributed by atoms with Gasteiger partial charge in [0, 0.05) is 17.4 Å². The van der Waals surface area contributed by atoms with Crippen LogP contribution in [0.4, 0.5) is 11.5 Å². The van der Waals surface area contributed by atoms with Crippen LogP contribution < -0.4 is 5.32 Å². The van der Waals surface area contributed by atoms with Gasteiger partial charge in [-0.3, -0.25) is 0 Å². The van der Waals surface area contributed by atoms with Crippen LogP contribution in [0.2, 0.25) is 5.02 Å². The largest absolute Gasteiger partial charge is 0.478 e. The van der Waals surface area contributed by atoms with E-state index >= 15 is 0 Å². The Labute approximate surface area is 124 Å². The van der Waals surface area contributed by atoms with Gasteiger partial charge >= 0.3 is 5.97 Å². The van der Waals surface area contributed by atoms with E-state index in [1.807, 2.05) is 6.92 Å². The number of hydrogen-bond acceptors (Lipinski definition) is 5. The van der Waals surface area contributed by atoms with Gasteiger partial charge in [-0.1, -0.05) is 11.6 Å². The van der Waals surface area contributed by atoms with E-state index in [2.05, 4.69) is 20.4 Å². The number of carboxylic acid groups (broad SMARTS) is 1. The third-order valence-corrected chi connectivity index (χ3v) is 3.18. The number of carbonyl (C=O) groups is 1. The lowest BCUT2D eigenvalue weighted by atomic mass is 10.2. The fourth-order valence-corrected chi connectivity index (χ4v) is 2.13. The number of nitrogens with zero attached hydrogens (tertiary/aromatic N) is 4. The molecule has 0 bridgehead atoms. The fraction of sp³-hybridized carbons (Fsp3) is 0.0769. The van der Waals surface area contributed by atoms with Crippen LogP contribution in [0.15, 0.2) is 30.6 Å². The molecule has 21 heavy (non-hydrogen) atoms. The minimum atomic E-state index is -1.08. The van der Waals surface area contributed by atoms with Gasteiger partial charge in [-0.15, -0.1) is 0 Å². The van der Waals surface area contributed by atoms with Crippen molar-refractivity contribution < 1.29 is 9.90 Å². The number of aromatic nitrogens is 4. The van der Waals surface area contributed by atoms with Crippen LogP contribution in [0.1, 0.15) is 16.1 Å². The molecule has 0 atom stereocenters. The van der Waals surface area contributed by atoms with Crippen molar-refractivity contribution in [1.82, 2.24) is 19.6 Å². The number of rotatable bonds is 3. The van der Waals surface area contributed by atoms with Crippen LogP contribution in [-0.4, -0.2) is 30.7 Å². The van der Waals surface area contributed by atoms with Crippen molar-refractivity contribution >= 4 is 34.9 Å². The first kappa shape index (κ1) is 13.3. The molecule has 0 unspecified atom stereocenters. The lowest BCUT2D eigenvalue weighted by Gasteiger charge is -2.10. The minimum absolute atomic E-state index is 0.0299. The molecule has 2 N–H and O–H groups in total. The average Bonchev–Trinajstić information content (AvgIpc) is 2.88. The SMILES string of the molecule is Cc1cc(Nc2ccc(Cl)c(C(=O)O)c2)n2ncnc2n1. The van der Waals surface area contributed by atoms with Crippen molar-refractivity contribution in [2.45, 2.75) is 6.92 Å². The summed E-state index contributed by atoms with van der Waals surface area (Å²) in [5.41, 5.74) is 1.38. The Morgan fingerprint density at radius 3 is 2.95 bits per heavy atom. The van der Waals surface area contributed by atoms with Crippen molar-refractivity contribution in [3.8, 4) is 0 Å². The van der Waals surface area contributed by atoms with E-state index in [0.29, 0.717) is 17.3 Å². The lowest BCUT2D eigenvalue weighted by Crippen LogP contribution is -2.04. The molecule has 0 saturated carbocycles. The molecule has 0 amide bonds. The first-order valence-corrected chi connectivity index (χ1v) is 6.39. The molecule has 0 fully saturated rings. The molecular formula is C13H10ClN5O2. The Kier molecular flexibility index (Phi) is 3.19. The van der Waals surface area contributed by atoms with E-state index in [1.165, 1.54) is 23.0 Å². The summed E-state index contributed by atoms with van der Waals surface area (Å²) >= 11 is 5.85. The summed E-state index contributed by atoms with van der Waals surface area (Å²) in [4.78, 5) is 19.4. The molecule has 2 aromatic heterocycles. The fourth-order valence-electron chi connectivity index (χ4n) is 1.93. The predicted molar refractivity (Wildman–Crippen MR) is 77.2 cm³/mol. The smallest absolute Gasteiger partial charge is 0.337 e. The molecule has 3 rings (SSSR count). The maximum Gasteiger partial charge on any atom is 0.337 e. The second-order valence-electron chi connectivity index (χ2n) is 4.38. The zero-order valence-corrected chi connectivity index (χ0v) is 11.7. The number of aromatic carboxylic acids is 1. The summed E-state index contributed by atoms with van der Waals surface area (Å²) in [5, 5.41) is 16.4. The molecular weight excluding hydrogens is 294 g/mol. The molecule has 1 aromatic carbocycles.